The lowest BCUT2D eigenvalue weighted by Gasteiger charge is -2.42. The second-order valence-electron chi connectivity index (χ2n) is 14.6. The lowest BCUT2D eigenvalue weighted by atomic mass is 9.63. The monoisotopic (exact) mass is 509 g/mol. The van der Waals surface area contributed by atoms with E-state index in [9.17, 15) is 0 Å². The van der Waals surface area contributed by atoms with Crippen molar-refractivity contribution in [2.24, 2.45) is 0 Å². The number of rotatable bonds is 2. The fourth-order valence-corrected chi connectivity index (χ4v) is 8.03. The first-order valence-electron chi connectivity index (χ1n) is 14.1. The molecule has 0 unspecified atom stereocenters. The van der Waals surface area contributed by atoms with Gasteiger partial charge in [-0.25, -0.2) is 0 Å². The smallest absolute Gasteiger partial charge is 0.0417 e. The van der Waals surface area contributed by atoms with Gasteiger partial charge in [0.25, 0.3) is 0 Å². The van der Waals surface area contributed by atoms with Crippen LogP contribution >= 0.6 is 11.3 Å². The summed E-state index contributed by atoms with van der Waals surface area (Å²) in [5.74, 6) is 0. The minimum Gasteiger partial charge on any atom is -0.355 e. The third kappa shape index (κ3) is 3.94. The molecule has 0 aliphatic heterocycles. The summed E-state index contributed by atoms with van der Waals surface area (Å²) in [6.45, 7) is 21.6. The van der Waals surface area contributed by atoms with E-state index in [1.807, 2.05) is 11.3 Å². The average Bonchev–Trinajstić information content (AvgIpc) is 3.17. The fraction of sp³-hybridized carbons (Fsp3) is 0.486. The van der Waals surface area contributed by atoms with E-state index in [4.69, 9.17) is 0 Å². The average molecular weight is 510 g/mol. The Hall–Kier alpha value is -2.32. The molecule has 0 bridgehead atoms. The number of nitrogens with one attached hydrogen (secondary N) is 1. The van der Waals surface area contributed by atoms with Crippen LogP contribution in [0.1, 0.15) is 109 Å². The molecule has 0 fully saturated rings. The summed E-state index contributed by atoms with van der Waals surface area (Å²) in [5, 5.41) is 6.62. The first-order chi connectivity index (χ1) is 17.2. The second kappa shape index (κ2) is 7.85. The van der Waals surface area contributed by atoms with Gasteiger partial charge in [-0.05, 0) is 118 Å². The van der Waals surface area contributed by atoms with Crippen molar-refractivity contribution in [1.29, 1.82) is 0 Å². The number of aryl methyl sites for hydroxylation is 1. The third-order valence-electron chi connectivity index (χ3n) is 9.92. The van der Waals surface area contributed by atoms with E-state index in [1.54, 1.807) is 11.1 Å². The molecule has 0 atom stereocenters. The Morgan fingerprint density at radius 3 is 1.65 bits per heavy atom. The highest BCUT2D eigenvalue weighted by atomic mass is 32.1. The molecule has 0 amide bonds. The summed E-state index contributed by atoms with van der Waals surface area (Å²) in [4.78, 5) is 0. The molecule has 0 saturated carbocycles. The number of fused-ring (bicyclic) bond motifs is 5. The zero-order chi connectivity index (χ0) is 26.5. The molecule has 1 N–H and O–H groups in total. The number of benzene rings is 3. The number of thiophene rings is 1. The van der Waals surface area contributed by atoms with Gasteiger partial charge in [0.1, 0.15) is 0 Å². The van der Waals surface area contributed by atoms with Crippen LogP contribution in [-0.4, -0.2) is 0 Å². The topological polar surface area (TPSA) is 12.0 Å². The Morgan fingerprint density at radius 1 is 0.568 bits per heavy atom. The summed E-state index contributed by atoms with van der Waals surface area (Å²) in [6, 6.07) is 16.9. The summed E-state index contributed by atoms with van der Waals surface area (Å²) in [7, 11) is 0. The van der Waals surface area contributed by atoms with Crippen molar-refractivity contribution in [3.8, 4) is 0 Å². The van der Waals surface area contributed by atoms with Gasteiger partial charge in [0.05, 0.1) is 0 Å². The van der Waals surface area contributed by atoms with E-state index in [0.717, 1.165) is 0 Å². The largest absolute Gasteiger partial charge is 0.355 e. The Bertz CT molecular complexity index is 1560. The molecule has 1 heterocycles. The Labute approximate surface area is 227 Å². The normalized spacial score (nSPS) is 21.0. The van der Waals surface area contributed by atoms with Crippen LogP contribution in [-0.2, 0) is 21.7 Å². The van der Waals surface area contributed by atoms with Crippen molar-refractivity contribution < 1.29 is 0 Å². The van der Waals surface area contributed by atoms with Crippen LogP contribution in [0.3, 0.4) is 0 Å². The third-order valence-corrected chi connectivity index (χ3v) is 11.1. The van der Waals surface area contributed by atoms with Crippen LogP contribution in [0.5, 0.6) is 0 Å². The predicted molar refractivity (Wildman–Crippen MR) is 164 cm³/mol. The first-order valence-corrected chi connectivity index (χ1v) is 14.9. The van der Waals surface area contributed by atoms with Crippen molar-refractivity contribution >= 4 is 42.9 Å². The summed E-state index contributed by atoms with van der Waals surface area (Å²) >= 11 is 1.94. The highest BCUT2D eigenvalue weighted by Crippen LogP contribution is 2.50. The Balaban J connectivity index is 1.45. The summed E-state index contributed by atoms with van der Waals surface area (Å²) < 4.78 is 2.80. The second-order valence-corrected chi connectivity index (χ2v) is 15.7. The molecule has 2 aliphatic rings. The lowest BCUT2D eigenvalue weighted by Crippen LogP contribution is -2.34. The van der Waals surface area contributed by atoms with Gasteiger partial charge in [-0.2, -0.15) is 0 Å². The molecule has 0 saturated heterocycles. The zero-order valence-corrected chi connectivity index (χ0v) is 25.1. The van der Waals surface area contributed by atoms with Crippen molar-refractivity contribution in [2.45, 2.75) is 110 Å². The van der Waals surface area contributed by atoms with Gasteiger partial charge in [-0.3, -0.25) is 0 Å². The quantitative estimate of drug-likeness (QED) is 0.283. The standard InChI is InChI=1S/C35H43NS/c1-21-16-25-27(34(6,7)14-12-32(25,2)3)19-29(21)36-22-10-11-30-23(17-22)24-18-26-28(20-31(24)37-30)35(8,9)15-13-33(26,4)5/h10-11,16-20,36H,12-15H2,1-9H3. The van der Waals surface area contributed by atoms with Crippen LogP contribution in [0.15, 0.2) is 42.5 Å². The molecule has 3 aromatic carbocycles. The maximum absolute atomic E-state index is 3.83. The molecule has 0 radical (unpaired) electrons. The minimum atomic E-state index is 0.210. The van der Waals surface area contributed by atoms with E-state index in [2.05, 4.69) is 110 Å². The zero-order valence-electron chi connectivity index (χ0n) is 24.3. The van der Waals surface area contributed by atoms with Gasteiger partial charge in [-0.1, -0.05) is 61.5 Å². The summed E-state index contributed by atoms with van der Waals surface area (Å²) in [5.41, 5.74) is 10.8. The number of hydrogen-bond acceptors (Lipinski definition) is 2. The van der Waals surface area contributed by atoms with Crippen LogP contribution in [0.2, 0.25) is 0 Å². The van der Waals surface area contributed by atoms with Gasteiger partial charge in [0.2, 0.25) is 0 Å². The molecule has 1 nitrogen and oxygen atoms in total. The fourth-order valence-electron chi connectivity index (χ4n) is 6.93. The van der Waals surface area contributed by atoms with Crippen molar-refractivity contribution in [2.75, 3.05) is 5.32 Å². The minimum absolute atomic E-state index is 0.210. The van der Waals surface area contributed by atoms with Gasteiger partial charge in [0.15, 0.2) is 0 Å². The maximum atomic E-state index is 3.83. The molecule has 194 valence electrons. The molecule has 2 aliphatic carbocycles. The van der Waals surface area contributed by atoms with E-state index in [0.29, 0.717) is 0 Å². The molecule has 6 rings (SSSR count). The first kappa shape index (κ1) is 25.0. The lowest BCUT2D eigenvalue weighted by molar-refractivity contribution is 0.332. The molecule has 37 heavy (non-hydrogen) atoms. The molecule has 2 heteroatoms. The SMILES string of the molecule is Cc1cc2c(cc1Nc1ccc3sc4cc5c(cc4c3c1)C(C)(C)CCC5(C)C)C(C)(C)CCC2(C)C. The van der Waals surface area contributed by atoms with Gasteiger partial charge in [0, 0.05) is 31.5 Å². The van der Waals surface area contributed by atoms with Crippen LogP contribution in [0.4, 0.5) is 11.4 Å². The van der Waals surface area contributed by atoms with Crippen molar-refractivity contribution in [3.05, 3.63) is 70.3 Å². The van der Waals surface area contributed by atoms with Crippen LogP contribution in [0.25, 0.3) is 20.2 Å². The molecule has 0 spiro atoms. The number of anilines is 2. The van der Waals surface area contributed by atoms with Crippen molar-refractivity contribution in [3.63, 3.8) is 0 Å². The predicted octanol–water partition coefficient (Wildman–Crippen LogP) is 10.8. The molecule has 1 aromatic heterocycles. The van der Waals surface area contributed by atoms with Crippen LogP contribution in [0, 0.1) is 6.92 Å². The molecular weight excluding hydrogens is 466 g/mol. The van der Waals surface area contributed by atoms with E-state index < -0.39 is 0 Å². The molecular formula is C35H43NS. The van der Waals surface area contributed by atoms with Gasteiger partial charge in [-0.15, -0.1) is 11.3 Å². The maximum Gasteiger partial charge on any atom is 0.0417 e. The van der Waals surface area contributed by atoms with E-state index >= 15 is 0 Å². The van der Waals surface area contributed by atoms with E-state index in [-0.39, 0.29) is 21.7 Å². The highest BCUT2D eigenvalue weighted by Gasteiger charge is 2.38. The summed E-state index contributed by atoms with van der Waals surface area (Å²) in [6.07, 6.45) is 4.99. The Morgan fingerprint density at radius 2 is 1.05 bits per heavy atom. The number of hydrogen-bond donors (Lipinski definition) is 1. The van der Waals surface area contributed by atoms with Gasteiger partial charge >= 0.3 is 0 Å². The van der Waals surface area contributed by atoms with Crippen LogP contribution < -0.4 is 5.32 Å². The molecule has 4 aromatic rings. The van der Waals surface area contributed by atoms with Gasteiger partial charge < -0.3 is 5.32 Å². The Kier molecular flexibility index (Phi) is 5.30. The highest BCUT2D eigenvalue weighted by molar-refractivity contribution is 7.25. The van der Waals surface area contributed by atoms with Crippen molar-refractivity contribution in [1.82, 2.24) is 0 Å². The van der Waals surface area contributed by atoms with E-state index in [1.165, 1.54) is 73.9 Å².